The summed E-state index contributed by atoms with van der Waals surface area (Å²) >= 11 is 2.85. The van der Waals surface area contributed by atoms with E-state index < -0.39 is 6.04 Å². The highest BCUT2D eigenvalue weighted by atomic mass is 32.1. The number of hydrogen-bond acceptors (Lipinski definition) is 7. The third-order valence-electron chi connectivity index (χ3n) is 3.91. The molecule has 1 fully saturated rings. The number of nitrogens with zero attached hydrogens (tertiary/aromatic N) is 2. The maximum Gasteiger partial charge on any atom is 0.251 e. The molecule has 4 heterocycles. The van der Waals surface area contributed by atoms with Crippen molar-refractivity contribution in [3.8, 4) is 11.5 Å². The second-order valence-corrected chi connectivity index (χ2v) is 7.53. The Labute approximate surface area is 157 Å². The van der Waals surface area contributed by atoms with Gasteiger partial charge in [-0.25, -0.2) is 4.98 Å². The molecule has 0 unspecified atom stereocenters. The van der Waals surface area contributed by atoms with Gasteiger partial charge >= 0.3 is 0 Å². The van der Waals surface area contributed by atoms with Crippen molar-refractivity contribution >= 4 is 39.6 Å². The lowest BCUT2D eigenvalue weighted by Crippen LogP contribution is -2.54. The van der Waals surface area contributed by atoms with Gasteiger partial charge in [-0.3, -0.25) is 9.59 Å². The van der Waals surface area contributed by atoms with Gasteiger partial charge in [0, 0.05) is 10.3 Å². The summed E-state index contributed by atoms with van der Waals surface area (Å²) < 4.78 is 10.6. The zero-order valence-electron chi connectivity index (χ0n) is 13.6. The summed E-state index contributed by atoms with van der Waals surface area (Å²) in [6.07, 6.45) is 1.57. The van der Waals surface area contributed by atoms with Gasteiger partial charge in [0.15, 0.2) is 10.9 Å². The molecule has 3 aromatic rings. The van der Waals surface area contributed by atoms with Crippen LogP contribution in [-0.2, 0) is 20.9 Å². The maximum atomic E-state index is 12.7. The predicted octanol–water partition coefficient (Wildman–Crippen LogP) is 2.83. The van der Waals surface area contributed by atoms with E-state index in [1.165, 1.54) is 11.3 Å². The van der Waals surface area contributed by atoms with Gasteiger partial charge in [-0.05, 0) is 23.6 Å². The number of carbonyl (C=O) groups excluding carboxylic acids is 2. The number of ether oxygens (including phenoxy) is 1. The molecule has 1 N–H and O–H groups in total. The van der Waals surface area contributed by atoms with Gasteiger partial charge < -0.3 is 19.4 Å². The standard InChI is InChI=1S/C17H15N3O4S2/c21-15-9-23-8-13(20(15)7-11-3-2-6-25-11)16(22)19-17-18-12(10-26-17)14-4-1-5-24-14/h1-6,10,13H,7-9H2,(H,18,19,22)/t13-/m1/s1. The lowest BCUT2D eigenvalue weighted by Gasteiger charge is -2.33. The Bertz CT molecular complexity index is 889. The van der Waals surface area contributed by atoms with Gasteiger partial charge in [0.25, 0.3) is 5.91 Å². The minimum atomic E-state index is -0.686. The zero-order chi connectivity index (χ0) is 17.9. The van der Waals surface area contributed by atoms with Crippen molar-refractivity contribution in [2.45, 2.75) is 12.6 Å². The van der Waals surface area contributed by atoms with Crippen LogP contribution in [0.15, 0.2) is 45.7 Å². The lowest BCUT2D eigenvalue weighted by molar-refractivity contribution is -0.153. The lowest BCUT2D eigenvalue weighted by atomic mass is 10.2. The quantitative estimate of drug-likeness (QED) is 0.725. The summed E-state index contributed by atoms with van der Waals surface area (Å²) in [6, 6.07) is 6.76. The monoisotopic (exact) mass is 389 g/mol. The minimum Gasteiger partial charge on any atom is -0.463 e. The Kier molecular flexibility index (Phi) is 4.83. The number of aromatic nitrogens is 1. The van der Waals surface area contributed by atoms with Gasteiger partial charge in [0.2, 0.25) is 5.91 Å². The van der Waals surface area contributed by atoms with Crippen LogP contribution in [0.25, 0.3) is 11.5 Å². The largest absolute Gasteiger partial charge is 0.463 e. The molecule has 0 bridgehead atoms. The topological polar surface area (TPSA) is 84.7 Å². The molecule has 9 heteroatoms. The second-order valence-electron chi connectivity index (χ2n) is 5.64. The summed E-state index contributed by atoms with van der Waals surface area (Å²) in [5.41, 5.74) is 0.654. The van der Waals surface area contributed by atoms with Crippen molar-refractivity contribution in [2.24, 2.45) is 0 Å². The number of furan rings is 1. The SMILES string of the molecule is O=C(Nc1nc(-c2ccco2)cs1)[C@H]1COCC(=O)N1Cc1cccs1. The molecule has 1 aliphatic rings. The molecule has 26 heavy (non-hydrogen) atoms. The van der Waals surface area contributed by atoms with Gasteiger partial charge in [-0.2, -0.15) is 0 Å². The average molecular weight is 389 g/mol. The fourth-order valence-electron chi connectivity index (χ4n) is 2.65. The van der Waals surface area contributed by atoms with Crippen LogP contribution < -0.4 is 5.32 Å². The first-order chi connectivity index (χ1) is 12.7. The van der Waals surface area contributed by atoms with Gasteiger partial charge in [0.05, 0.1) is 19.4 Å². The van der Waals surface area contributed by atoms with Crippen LogP contribution in [0, 0.1) is 0 Å². The molecular weight excluding hydrogens is 374 g/mol. The van der Waals surface area contributed by atoms with Crippen LogP contribution in [0.1, 0.15) is 4.88 Å². The molecule has 4 rings (SSSR count). The molecule has 0 saturated carbocycles. The third-order valence-corrected chi connectivity index (χ3v) is 5.53. The van der Waals surface area contributed by atoms with Crippen LogP contribution in [-0.4, -0.2) is 41.0 Å². The van der Waals surface area contributed by atoms with Crippen LogP contribution in [0.3, 0.4) is 0 Å². The van der Waals surface area contributed by atoms with Gasteiger partial charge in [-0.15, -0.1) is 22.7 Å². The van der Waals surface area contributed by atoms with E-state index in [1.54, 1.807) is 40.0 Å². The Balaban J connectivity index is 1.47. The molecule has 1 saturated heterocycles. The summed E-state index contributed by atoms with van der Waals surface area (Å²) in [5, 5.41) is 6.99. The average Bonchev–Trinajstić information content (AvgIpc) is 3.38. The summed E-state index contributed by atoms with van der Waals surface area (Å²) in [7, 11) is 0. The van der Waals surface area contributed by atoms with E-state index in [0.29, 0.717) is 23.1 Å². The third kappa shape index (κ3) is 3.55. The molecule has 1 atom stereocenters. The number of hydrogen-bond donors (Lipinski definition) is 1. The molecule has 2 amide bonds. The molecule has 0 radical (unpaired) electrons. The minimum absolute atomic E-state index is 0.00491. The Morgan fingerprint density at radius 2 is 2.27 bits per heavy atom. The number of nitrogens with one attached hydrogen (secondary N) is 1. The predicted molar refractivity (Wildman–Crippen MR) is 97.9 cm³/mol. The highest BCUT2D eigenvalue weighted by Gasteiger charge is 2.34. The summed E-state index contributed by atoms with van der Waals surface area (Å²) in [6.45, 7) is 0.557. The maximum absolute atomic E-state index is 12.7. The Hall–Kier alpha value is -2.49. The molecule has 1 aliphatic heterocycles. The smallest absolute Gasteiger partial charge is 0.251 e. The van der Waals surface area contributed by atoms with Crippen molar-refractivity contribution in [1.29, 1.82) is 0 Å². The first-order valence-corrected chi connectivity index (χ1v) is 9.66. The van der Waals surface area contributed by atoms with Crippen LogP contribution >= 0.6 is 22.7 Å². The highest BCUT2D eigenvalue weighted by Crippen LogP contribution is 2.26. The van der Waals surface area contributed by atoms with Crippen LogP contribution in [0.4, 0.5) is 5.13 Å². The van der Waals surface area contributed by atoms with E-state index in [2.05, 4.69) is 10.3 Å². The highest BCUT2D eigenvalue weighted by molar-refractivity contribution is 7.14. The van der Waals surface area contributed by atoms with E-state index in [0.717, 1.165) is 4.88 Å². The molecular formula is C17H15N3O4S2. The summed E-state index contributed by atoms with van der Waals surface area (Å²) in [5.74, 6) is 0.132. The number of carbonyl (C=O) groups is 2. The second kappa shape index (κ2) is 7.40. The number of thiophene rings is 1. The van der Waals surface area contributed by atoms with Gasteiger partial charge in [-0.1, -0.05) is 6.07 Å². The molecule has 0 aliphatic carbocycles. The first kappa shape index (κ1) is 17.0. The van der Waals surface area contributed by atoms with Crippen LogP contribution in [0.5, 0.6) is 0 Å². The number of rotatable bonds is 5. The van der Waals surface area contributed by atoms with Crippen molar-refractivity contribution in [1.82, 2.24) is 9.88 Å². The van der Waals surface area contributed by atoms with Crippen LogP contribution in [0.2, 0.25) is 0 Å². The van der Waals surface area contributed by atoms with E-state index in [9.17, 15) is 9.59 Å². The molecule has 0 aromatic carbocycles. The Morgan fingerprint density at radius 3 is 3.04 bits per heavy atom. The number of anilines is 1. The molecule has 7 nitrogen and oxygen atoms in total. The molecule has 0 spiro atoms. The normalized spacial score (nSPS) is 17.5. The number of morpholine rings is 1. The number of thiazole rings is 1. The van der Waals surface area contributed by atoms with E-state index >= 15 is 0 Å². The van der Waals surface area contributed by atoms with Crippen molar-refractivity contribution in [3.63, 3.8) is 0 Å². The van der Waals surface area contributed by atoms with Crippen molar-refractivity contribution in [3.05, 3.63) is 46.2 Å². The van der Waals surface area contributed by atoms with Crippen molar-refractivity contribution in [2.75, 3.05) is 18.5 Å². The fourth-order valence-corrected chi connectivity index (χ4v) is 4.05. The van der Waals surface area contributed by atoms with E-state index in [-0.39, 0.29) is 25.0 Å². The van der Waals surface area contributed by atoms with Crippen molar-refractivity contribution < 1.29 is 18.7 Å². The fraction of sp³-hybridized carbons (Fsp3) is 0.235. The zero-order valence-corrected chi connectivity index (χ0v) is 15.2. The molecule has 3 aromatic heterocycles. The molecule has 134 valence electrons. The van der Waals surface area contributed by atoms with Gasteiger partial charge in [0.1, 0.15) is 18.3 Å². The van der Waals surface area contributed by atoms with E-state index in [1.807, 2.05) is 17.5 Å². The summed E-state index contributed by atoms with van der Waals surface area (Å²) in [4.78, 5) is 31.9. The number of amides is 2. The van der Waals surface area contributed by atoms with E-state index in [4.69, 9.17) is 9.15 Å². The Morgan fingerprint density at radius 1 is 1.35 bits per heavy atom. The first-order valence-electron chi connectivity index (χ1n) is 7.90.